The van der Waals surface area contributed by atoms with Crippen LogP contribution < -0.4 is 22.2 Å². The van der Waals surface area contributed by atoms with Crippen molar-refractivity contribution in [3.05, 3.63) is 136 Å². The number of carbonyl (C=O) groups excluding carboxylic acids is 1. The number of amides is 2. The van der Waals surface area contributed by atoms with E-state index in [2.05, 4.69) is 20.2 Å². The van der Waals surface area contributed by atoms with Gasteiger partial charge in [0.2, 0.25) is 0 Å². The smallest absolute Gasteiger partial charge is 0.335 e. The van der Waals surface area contributed by atoms with Crippen LogP contribution >= 0.6 is 0 Å². The number of hydrazone groups is 1. The van der Waals surface area contributed by atoms with Crippen molar-refractivity contribution in [2.75, 3.05) is 0 Å². The fourth-order valence-corrected chi connectivity index (χ4v) is 6.53. The number of hydrogen-bond donors (Lipinski definition) is 4. The third-order valence-corrected chi connectivity index (χ3v) is 9.01. The van der Waals surface area contributed by atoms with Crippen molar-refractivity contribution in [2.24, 2.45) is 21.0 Å². The van der Waals surface area contributed by atoms with Crippen LogP contribution in [-0.4, -0.2) is 38.0 Å². The van der Waals surface area contributed by atoms with Gasteiger partial charge in [0, 0.05) is 17.8 Å². The quantitative estimate of drug-likeness (QED) is 0.117. The minimum atomic E-state index is -4.04. The minimum absolute atomic E-state index is 0. The van der Waals surface area contributed by atoms with Crippen molar-refractivity contribution >= 4 is 28.1 Å². The van der Waals surface area contributed by atoms with Crippen LogP contribution in [0.5, 0.6) is 0 Å². The third-order valence-electron chi connectivity index (χ3n) is 7.43. The predicted molar refractivity (Wildman–Crippen MR) is 180 cm³/mol. The molecule has 0 radical (unpaired) electrons. The normalized spacial score (nSPS) is 12.5. The number of benzene rings is 4. The van der Waals surface area contributed by atoms with E-state index in [-0.39, 0.29) is 22.2 Å². The summed E-state index contributed by atoms with van der Waals surface area (Å²) in [5.41, 5.74) is 21.3. The number of hydrogen-bond acceptors (Lipinski definition) is 5. The predicted octanol–water partition coefficient (Wildman–Crippen LogP) is 4.13. The van der Waals surface area contributed by atoms with Crippen molar-refractivity contribution < 1.29 is 18.7 Å². The maximum absolute atomic E-state index is 13.2. The number of aryl methyl sites for hydroxylation is 2. The van der Waals surface area contributed by atoms with Crippen LogP contribution in [0.4, 0.5) is 4.79 Å². The molecule has 0 bridgehead atoms. The number of carbonyl (C=O) groups is 1. The fraction of sp³-hybridized carbons (Fsp3) is 0.206. The number of nitrogens with zero attached hydrogens (tertiary/aromatic N) is 2. The summed E-state index contributed by atoms with van der Waals surface area (Å²) in [7, 11) is -4.04. The maximum Gasteiger partial charge on any atom is 0.335 e. The van der Waals surface area contributed by atoms with E-state index in [0.29, 0.717) is 23.1 Å². The molecular formula is C34H40N6O4S. The van der Waals surface area contributed by atoms with Crippen LogP contribution in [0.1, 0.15) is 50.5 Å². The second-order valence-electron chi connectivity index (χ2n) is 10.7. The van der Waals surface area contributed by atoms with Crippen molar-refractivity contribution in [3.63, 3.8) is 0 Å². The molecule has 0 aliphatic rings. The number of amidine groups is 1. The molecule has 0 spiro atoms. The summed E-state index contributed by atoms with van der Waals surface area (Å²) >= 11 is 0. The van der Waals surface area contributed by atoms with E-state index in [1.54, 1.807) is 32.0 Å². The molecule has 1 unspecified atom stereocenters. The van der Waals surface area contributed by atoms with Gasteiger partial charge in [-0.1, -0.05) is 84.9 Å². The second kappa shape index (κ2) is 15.2. The molecule has 10 nitrogen and oxygen atoms in total. The average Bonchev–Trinajstić information content (AvgIpc) is 2.99. The van der Waals surface area contributed by atoms with Crippen LogP contribution in [0.3, 0.4) is 0 Å². The zero-order valence-corrected chi connectivity index (χ0v) is 26.6. The molecule has 0 heterocycles. The topological polar surface area (TPSA) is 184 Å². The summed E-state index contributed by atoms with van der Waals surface area (Å²) in [4.78, 5) is 12.9. The molecule has 2 amide bonds. The molecule has 4 aromatic carbocycles. The Morgan fingerprint density at radius 2 is 1.44 bits per heavy atom. The number of rotatable bonds is 10. The highest BCUT2D eigenvalue weighted by Gasteiger charge is 2.22. The lowest BCUT2D eigenvalue weighted by Gasteiger charge is -2.19. The largest absolute Gasteiger partial charge is 0.412 e. The summed E-state index contributed by atoms with van der Waals surface area (Å²) in [6.07, 6.45) is 1.81. The molecule has 8 N–H and O–H groups in total. The van der Waals surface area contributed by atoms with E-state index >= 15 is 0 Å². The minimum Gasteiger partial charge on any atom is -0.412 e. The Labute approximate surface area is 264 Å². The lowest BCUT2D eigenvalue weighted by atomic mass is 9.99. The van der Waals surface area contributed by atoms with Crippen LogP contribution in [0.2, 0.25) is 0 Å². The lowest BCUT2D eigenvalue weighted by molar-refractivity contribution is 0.239. The first kappa shape index (κ1) is 34.6. The zero-order chi connectivity index (χ0) is 31.9. The van der Waals surface area contributed by atoms with Gasteiger partial charge in [-0.2, -0.15) is 13.5 Å². The molecule has 0 aliphatic heterocycles. The Morgan fingerprint density at radius 3 is 2.04 bits per heavy atom. The molecule has 0 saturated heterocycles. The van der Waals surface area contributed by atoms with Gasteiger partial charge in [-0.25, -0.2) is 10.2 Å². The van der Waals surface area contributed by atoms with Crippen molar-refractivity contribution in [2.45, 2.75) is 51.1 Å². The monoisotopic (exact) mass is 628 g/mol. The first-order valence-electron chi connectivity index (χ1n) is 14.2. The lowest BCUT2D eigenvalue weighted by Crippen LogP contribution is -2.36. The van der Waals surface area contributed by atoms with Gasteiger partial charge in [0.15, 0.2) is 0 Å². The summed E-state index contributed by atoms with van der Waals surface area (Å²) in [6, 6.07) is 26.8. The van der Waals surface area contributed by atoms with Crippen LogP contribution in [-0.2, 0) is 16.4 Å². The van der Waals surface area contributed by atoms with Gasteiger partial charge in [-0.05, 0) is 79.1 Å². The Bertz CT molecular complexity index is 1750. The zero-order valence-electron chi connectivity index (χ0n) is 25.8. The van der Waals surface area contributed by atoms with E-state index in [1.165, 1.54) is 6.21 Å². The highest BCUT2D eigenvalue weighted by Crippen LogP contribution is 2.27. The third kappa shape index (κ3) is 8.85. The average molecular weight is 629 g/mol. The summed E-state index contributed by atoms with van der Waals surface area (Å²) in [6.45, 7) is 7.37. The second-order valence-corrected chi connectivity index (χ2v) is 12.3. The SMILES string of the molecule is Cc1cc(C)c(S(=O)(=O)N=C(N)c2cccc(CC(N)/C=N\NC(=O)NC(c3ccccc3)c3ccccc3)c2)c(C)c1C.O. The van der Waals surface area contributed by atoms with E-state index < -0.39 is 22.1 Å². The highest BCUT2D eigenvalue weighted by atomic mass is 32.2. The molecule has 4 rings (SSSR count). The van der Waals surface area contributed by atoms with Crippen LogP contribution in [0.25, 0.3) is 0 Å². The van der Waals surface area contributed by atoms with E-state index in [4.69, 9.17) is 11.5 Å². The number of nitrogens with one attached hydrogen (secondary N) is 2. The number of sulfonamides is 1. The fourth-order valence-electron chi connectivity index (χ4n) is 5.07. The van der Waals surface area contributed by atoms with Gasteiger partial charge in [-0.15, -0.1) is 4.40 Å². The van der Waals surface area contributed by atoms with Crippen molar-refractivity contribution in [1.29, 1.82) is 0 Å². The molecule has 0 fully saturated rings. The Balaban J connectivity index is 0.00000552. The van der Waals surface area contributed by atoms with Crippen molar-refractivity contribution in [3.8, 4) is 0 Å². The molecule has 1 atom stereocenters. The summed E-state index contributed by atoms with van der Waals surface area (Å²) in [5, 5.41) is 6.99. The Hall–Kier alpha value is -4.84. The van der Waals surface area contributed by atoms with Gasteiger partial charge in [-0.3, -0.25) is 0 Å². The van der Waals surface area contributed by atoms with Gasteiger partial charge in [0.1, 0.15) is 5.84 Å². The van der Waals surface area contributed by atoms with E-state index in [9.17, 15) is 13.2 Å². The summed E-state index contributed by atoms with van der Waals surface area (Å²) in [5.74, 6) is -0.115. The Morgan fingerprint density at radius 1 is 0.844 bits per heavy atom. The van der Waals surface area contributed by atoms with Crippen LogP contribution in [0.15, 0.2) is 105 Å². The molecule has 4 aromatic rings. The molecule has 11 heteroatoms. The van der Waals surface area contributed by atoms with E-state index in [0.717, 1.165) is 27.8 Å². The maximum atomic E-state index is 13.2. The number of nitrogens with two attached hydrogens (primary N) is 2. The molecule has 236 valence electrons. The molecule has 45 heavy (non-hydrogen) atoms. The molecule has 0 saturated carbocycles. The Kier molecular flexibility index (Phi) is 11.7. The first-order valence-corrected chi connectivity index (χ1v) is 15.6. The number of urea groups is 1. The van der Waals surface area contributed by atoms with E-state index in [1.807, 2.05) is 86.6 Å². The standard InChI is InChI=1S/C34H38N6O3S.H2O/c1-22-18-23(2)32(25(4)24(22)3)44(42,43)40-33(36)29-17-11-12-26(19-29)20-30(35)21-37-39-34(41)38-31(27-13-7-5-8-14-27)28-15-9-6-10-16-28;/h5-19,21,30-31H,20,35H2,1-4H3,(H2,36,40)(H2,38,39,41);1H2/b37-21-;. The van der Waals surface area contributed by atoms with Gasteiger partial charge < -0.3 is 22.3 Å². The molecular weight excluding hydrogens is 588 g/mol. The highest BCUT2D eigenvalue weighted by molar-refractivity contribution is 7.90. The van der Waals surface area contributed by atoms with Crippen LogP contribution in [0, 0.1) is 27.7 Å². The first-order chi connectivity index (χ1) is 21.0. The van der Waals surface area contributed by atoms with Gasteiger partial charge in [0.25, 0.3) is 10.0 Å². The van der Waals surface area contributed by atoms with Crippen molar-refractivity contribution in [1.82, 2.24) is 10.7 Å². The summed E-state index contributed by atoms with van der Waals surface area (Å²) < 4.78 is 30.4. The molecule has 0 aliphatic carbocycles. The van der Waals surface area contributed by atoms with Gasteiger partial charge in [0.05, 0.1) is 10.9 Å². The van der Waals surface area contributed by atoms with Gasteiger partial charge >= 0.3 is 6.03 Å². The molecule has 0 aromatic heterocycles.